The molecule has 1 aliphatic heterocycles. The molecule has 2 bridgehead atoms. The summed E-state index contributed by atoms with van der Waals surface area (Å²) in [5.41, 5.74) is -6.12. The number of hydrogen-bond acceptors (Lipinski definition) is 20. The van der Waals surface area contributed by atoms with E-state index in [2.05, 4.69) is 23.0 Å². The third-order valence-corrected chi connectivity index (χ3v) is 14.7. The molecule has 0 aromatic heterocycles. The molecule has 4 aromatic carbocycles. The van der Waals surface area contributed by atoms with Crippen LogP contribution in [0.2, 0.25) is 0 Å². The van der Waals surface area contributed by atoms with Gasteiger partial charge in [0.15, 0.2) is 11.9 Å². The number of aliphatic hydroxyl groups excluding tert-OH is 1. The standard InChI is InChI=1S/C54H54N2O18S/c1-28-36(69-49(64)42(70-50(65)68-35-24-22-34(23-25-35)48(63)74-56-75)40(31-16-10-7-11-17-31)55-46(61)32-18-12-8-13-19-32)27-53(66)45(71-47(62)33-20-14-9-15-21-33)43-52(6,37(59)26-38-54(43,73-38)72-30(3)58)44(60)41(67-29(2)57)39(28)51(53,4)5/h7-25,36-38,40-43,45,56,59,66,75H,26-27H2,1-6H3,(H,55,61)/t36-,37-,38+,40-,41+,42+,43-,45-,52+,53+,54+/m0/s1. The second kappa shape index (κ2) is 21.1. The maximum atomic E-state index is 15.6. The molecule has 21 heteroatoms. The Balaban J connectivity index is 1.27. The molecule has 0 spiro atoms. The number of hydrogen-bond donors (Lipinski definition) is 5. The first-order valence-electron chi connectivity index (χ1n) is 23.7. The van der Waals surface area contributed by atoms with E-state index in [1.165, 1.54) is 76.2 Å². The SMILES string of the molecule is CC(=O)O[C@H]1C(=O)[C@@]2(C)[C@H]([C@H](OC(=O)c3ccccc3)[C@]3(O)C[C@H](OC(=O)[C@H](OC(=O)Oc4ccc(C(=O)ONS)cc4)[C@@H](NC(=O)c4ccccc4)c4ccccc4)C(C)=C1C3(C)C)[C@]1(OC(C)=O)O[C@@H]1C[C@@H]2O. The second-order valence-corrected chi connectivity index (χ2v) is 19.6. The quantitative estimate of drug-likeness (QED) is 0.0200. The highest BCUT2D eigenvalue weighted by molar-refractivity contribution is 7.77. The molecular formula is C54H54N2O18S. The van der Waals surface area contributed by atoms with Crippen LogP contribution in [0.4, 0.5) is 4.79 Å². The van der Waals surface area contributed by atoms with Crippen molar-refractivity contribution in [3.63, 3.8) is 0 Å². The smallest absolute Gasteiger partial charge is 0.455 e. The van der Waals surface area contributed by atoms with Gasteiger partial charge in [-0.15, -0.1) is 0 Å². The number of thiol groups is 1. The Morgan fingerprint density at radius 1 is 0.760 bits per heavy atom. The van der Waals surface area contributed by atoms with E-state index in [0.717, 1.165) is 13.8 Å². The van der Waals surface area contributed by atoms with Crippen LogP contribution in [0.3, 0.4) is 0 Å². The van der Waals surface area contributed by atoms with Gasteiger partial charge in [-0.1, -0.05) is 98.3 Å². The fourth-order valence-corrected chi connectivity index (χ4v) is 10.9. The predicted molar refractivity (Wildman–Crippen MR) is 262 cm³/mol. The fraction of sp³-hybridized carbons (Fsp3) is 0.370. The molecule has 4 aliphatic rings. The first-order chi connectivity index (χ1) is 35.6. The fourth-order valence-electron chi connectivity index (χ4n) is 10.8. The minimum Gasteiger partial charge on any atom is -0.455 e. The van der Waals surface area contributed by atoms with Gasteiger partial charge in [0, 0.05) is 37.7 Å². The number of fused-ring (bicyclic) bond motifs is 5. The van der Waals surface area contributed by atoms with Crippen LogP contribution in [-0.2, 0) is 52.4 Å². The summed E-state index contributed by atoms with van der Waals surface area (Å²) < 4.78 is 41.9. The van der Waals surface area contributed by atoms with Crippen molar-refractivity contribution in [1.82, 2.24) is 10.2 Å². The van der Waals surface area contributed by atoms with Crippen molar-refractivity contribution in [3.05, 3.63) is 149 Å². The molecule has 1 heterocycles. The van der Waals surface area contributed by atoms with E-state index < -0.39 is 125 Å². The van der Waals surface area contributed by atoms with Gasteiger partial charge in [-0.3, -0.25) is 19.2 Å². The van der Waals surface area contributed by atoms with Crippen molar-refractivity contribution in [2.75, 3.05) is 0 Å². The average Bonchev–Trinajstić information content (AvgIpc) is 4.11. The molecule has 394 valence electrons. The third kappa shape index (κ3) is 10.1. The van der Waals surface area contributed by atoms with E-state index in [9.17, 15) is 39.0 Å². The highest BCUT2D eigenvalue weighted by Gasteiger charge is 2.82. The minimum absolute atomic E-state index is 0.00399. The number of esters is 4. The van der Waals surface area contributed by atoms with Crippen LogP contribution in [0.25, 0.3) is 0 Å². The topological polar surface area (TPSA) is 278 Å². The highest BCUT2D eigenvalue weighted by Crippen LogP contribution is 2.67. The third-order valence-electron chi connectivity index (χ3n) is 14.6. The molecule has 8 rings (SSSR count). The van der Waals surface area contributed by atoms with Crippen LogP contribution in [0.5, 0.6) is 5.75 Å². The lowest BCUT2D eigenvalue weighted by atomic mass is 9.47. The van der Waals surface area contributed by atoms with E-state index in [1.54, 1.807) is 66.7 Å². The van der Waals surface area contributed by atoms with Crippen molar-refractivity contribution in [3.8, 4) is 5.75 Å². The molecule has 2 saturated carbocycles. The average molecular weight is 1050 g/mol. The highest BCUT2D eigenvalue weighted by atomic mass is 32.1. The van der Waals surface area contributed by atoms with Crippen LogP contribution in [0, 0.1) is 16.7 Å². The van der Waals surface area contributed by atoms with Gasteiger partial charge < -0.3 is 53.5 Å². The molecule has 20 nitrogen and oxygen atoms in total. The van der Waals surface area contributed by atoms with Crippen LogP contribution in [0.1, 0.15) is 97.1 Å². The zero-order valence-corrected chi connectivity index (χ0v) is 42.3. The lowest BCUT2D eigenvalue weighted by molar-refractivity contribution is -0.252. The zero-order chi connectivity index (χ0) is 54.2. The molecular weight excluding hydrogens is 997 g/mol. The zero-order valence-electron chi connectivity index (χ0n) is 41.4. The van der Waals surface area contributed by atoms with Crippen molar-refractivity contribution in [2.24, 2.45) is 16.7 Å². The normalized spacial score (nSPS) is 27.9. The molecule has 3 fully saturated rings. The Labute approximate surface area is 435 Å². The lowest BCUT2D eigenvalue weighted by Gasteiger charge is -2.60. The Hall–Kier alpha value is -7.43. The summed E-state index contributed by atoms with van der Waals surface area (Å²) in [6.07, 6.45) is -12.8. The molecule has 0 radical (unpaired) electrons. The van der Waals surface area contributed by atoms with E-state index >= 15 is 9.59 Å². The summed E-state index contributed by atoms with van der Waals surface area (Å²) in [5.74, 6) is -10.7. The molecule has 4 N–H and O–H groups in total. The molecule has 0 unspecified atom stereocenters. The minimum atomic E-state index is -2.54. The molecule has 1 amide bonds. The van der Waals surface area contributed by atoms with E-state index in [-0.39, 0.29) is 45.6 Å². The maximum absolute atomic E-state index is 15.6. The number of epoxide rings is 1. The molecule has 11 atom stereocenters. The van der Waals surface area contributed by atoms with Gasteiger partial charge in [0.2, 0.25) is 11.9 Å². The van der Waals surface area contributed by atoms with Gasteiger partial charge in [0.1, 0.15) is 35.7 Å². The van der Waals surface area contributed by atoms with Gasteiger partial charge >= 0.3 is 36.0 Å². The van der Waals surface area contributed by atoms with E-state index in [1.807, 2.05) is 4.89 Å². The van der Waals surface area contributed by atoms with Crippen molar-refractivity contribution < 1.29 is 86.6 Å². The Kier molecular flexibility index (Phi) is 15.1. The van der Waals surface area contributed by atoms with Crippen LogP contribution in [0.15, 0.2) is 126 Å². The van der Waals surface area contributed by atoms with Gasteiger partial charge in [0.25, 0.3) is 5.91 Å². The van der Waals surface area contributed by atoms with Crippen molar-refractivity contribution in [2.45, 2.75) is 108 Å². The summed E-state index contributed by atoms with van der Waals surface area (Å²) in [7, 11) is 0. The van der Waals surface area contributed by atoms with Gasteiger partial charge in [0.05, 0.1) is 28.6 Å². The summed E-state index contributed by atoms with van der Waals surface area (Å²) in [6, 6.07) is 27.0. The number of ether oxygens (including phenoxy) is 7. The van der Waals surface area contributed by atoms with Gasteiger partial charge in [-0.2, -0.15) is 0 Å². The van der Waals surface area contributed by atoms with Gasteiger partial charge in [-0.25, -0.2) is 19.2 Å². The number of carbonyl (C=O) groups excluding carboxylic acids is 8. The van der Waals surface area contributed by atoms with Crippen molar-refractivity contribution in [1.29, 1.82) is 0 Å². The number of carbonyl (C=O) groups is 8. The first kappa shape index (κ1) is 53.8. The summed E-state index contributed by atoms with van der Waals surface area (Å²) in [6.45, 7) is 7.93. The summed E-state index contributed by atoms with van der Waals surface area (Å²) >= 11 is 3.64. The molecule has 1 saturated heterocycles. The molecule has 3 aliphatic carbocycles. The number of ketones is 1. The number of nitrogens with one attached hydrogen (secondary N) is 2. The Bertz CT molecular complexity index is 2920. The van der Waals surface area contributed by atoms with Crippen LogP contribution >= 0.6 is 12.8 Å². The lowest BCUT2D eigenvalue weighted by Crippen LogP contribution is -2.74. The van der Waals surface area contributed by atoms with Crippen LogP contribution in [-0.4, -0.2) is 106 Å². The molecule has 75 heavy (non-hydrogen) atoms. The van der Waals surface area contributed by atoms with E-state index in [0.29, 0.717) is 0 Å². The second-order valence-electron chi connectivity index (χ2n) is 19.4. The predicted octanol–water partition coefficient (Wildman–Crippen LogP) is 5.42. The number of benzene rings is 4. The van der Waals surface area contributed by atoms with Crippen LogP contribution < -0.4 is 14.9 Å². The Morgan fingerprint density at radius 2 is 1.35 bits per heavy atom. The van der Waals surface area contributed by atoms with E-state index in [4.69, 9.17) is 33.2 Å². The number of amides is 1. The van der Waals surface area contributed by atoms with Gasteiger partial charge in [-0.05, 0) is 79.1 Å². The number of aliphatic hydroxyl groups is 2. The summed E-state index contributed by atoms with van der Waals surface area (Å²) in [5, 5.41) is 28.8. The monoisotopic (exact) mass is 1050 g/mol. The largest absolute Gasteiger partial charge is 0.514 e. The summed E-state index contributed by atoms with van der Waals surface area (Å²) in [4.78, 5) is 118. The number of Topliss-reactive ketones (excluding diaryl/α,β-unsaturated/α-hetero) is 1. The first-order valence-corrected chi connectivity index (χ1v) is 24.2. The molecule has 4 aromatic rings. The Morgan fingerprint density at radius 3 is 1.93 bits per heavy atom. The van der Waals surface area contributed by atoms with Crippen molar-refractivity contribution >= 4 is 60.5 Å². The maximum Gasteiger partial charge on any atom is 0.514 e. The number of rotatable bonds is 14.